The minimum absolute atomic E-state index is 0.223. The van der Waals surface area contributed by atoms with Gasteiger partial charge < -0.3 is 9.47 Å². The number of methoxy groups -OCH3 is 2. The molecule has 0 amide bonds. The number of hydrogen-bond donors (Lipinski definition) is 0. The summed E-state index contributed by atoms with van der Waals surface area (Å²) in [5, 5.41) is 0. The molecule has 0 aromatic heterocycles. The fourth-order valence-corrected chi connectivity index (χ4v) is 6.30. The second kappa shape index (κ2) is 6.44. The minimum Gasteiger partial charge on any atom is -0.497 e. The van der Waals surface area contributed by atoms with Gasteiger partial charge in [0, 0.05) is 5.41 Å². The normalized spacial score (nSPS) is 32.7. The average molecular weight is 360 g/mol. The maximum absolute atomic E-state index is 5.41. The quantitative estimate of drug-likeness (QED) is 0.679. The molecule has 4 saturated carbocycles. The molecular formula is C25H28O2. The molecule has 2 aromatic rings. The summed E-state index contributed by atoms with van der Waals surface area (Å²) in [5.41, 5.74) is 4.68. The molecule has 0 saturated heterocycles. The van der Waals surface area contributed by atoms with Crippen LogP contribution in [0.1, 0.15) is 43.2 Å². The lowest BCUT2D eigenvalue weighted by atomic mass is 9.45. The van der Waals surface area contributed by atoms with Gasteiger partial charge in [0.2, 0.25) is 0 Å². The highest BCUT2D eigenvalue weighted by molar-refractivity contribution is 5.61. The Morgan fingerprint density at radius 2 is 1.33 bits per heavy atom. The van der Waals surface area contributed by atoms with E-state index in [2.05, 4.69) is 54.6 Å². The van der Waals surface area contributed by atoms with E-state index in [4.69, 9.17) is 9.47 Å². The van der Waals surface area contributed by atoms with Gasteiger partial charge >= 0.3 is 0 Å². The molecule has 4 aliphatic carbocycles. The van der Waals surface area contributed by atoms with Crippen LogP contribution in [0.15, 0.2) is 54.1 Å². The molecule has 27 heavy (non-hydrogen) atoms. The first-order valence-corrected chi connectivity index (χ1v) is 10.2. The largest absolute Gasteiger partial charge is 0.497 e. The Balaban J connectivity index is 1.59. The number of rotatable bonds is 4. The molecule has 2 unspecified atom stereocenters. The van der Waals surface area contributed by atoms with Crippen LogP contribution in [0.5, 0.6) is 11.5 Å². The number of hydrogen-bond acceptors (Lipinski definition) is 2. The summed E-state index contributed by atoms with van der Waals surface area (Å²) in [7, 11) is 3.47. The van der Waals surface area contributed by atoms with Crippen LogP contribution in [0.2, 0.25) is 0 Å². The predicted molar refractivity (Wildman–Crippen MR) is 109 cm³/mol. The molecular weight excluding hydrogens is 332 g/mol. The summed E-state index contributed by atoms with van der Waals surface area (Å²) in [4.78, 5) is 0. The van der Waals surface area contributed by atoms with Gasteiger partial charge in [0.15, 0.2) is 0 Å². The van der Waals surface area contributed by atoms with Crippen molar-refractivity contribution in [1.29, 1.82) is 0 Å². The third-order valence-electron chi connectivity index (χ3n) is 7.25. The van der Waals surface area contributed by atoms with Crippen LogP contribution < -0.4 is 9.47 Å². The van der Waals surface area contributed by atoms with Crippen molar-refractivity contribution >= 4 is 6.08 Å². The molecule has 2 nitrogen and oxygen atoms in total. The van der Waals surface area contributed by atoms with E-state index >= 15 is 0 Å². The van der Waals surface area contributed by atoms with E-state index in [1.807, 2.05) is 0 Å². The van der Waals surface area contributed by atoms with E-state index < -0.39 is 0 Å². The summed E-state index contributed by atoms with van der Waals surface area (Å²) in [5.74, 6) is 4.42. The van der Waals surface area contributed by atoms with Crippen LogP contribution in [0, 0.1) is 17.8 Å². The highest BCUT2D eigenvalue weighted by Gasteiger charge is 2.54. The highest BCUT2D eigenvalue weighted by Crippen LogP contribution is 2.63. The number of ether oxygens (including phenoxy) is 2. The zero-order valence-electron chi connectivity index (χ0n) is 16.3. The van der Waals surface area contributed by atoms with Crippen molar-refractivity contribution < 1.29 is 9.47 Å². The van der Waals surface area contributed by atoms with E-state index in [1.165, 1.54) is 43.2 Å². The highest BCUT2D eigenvalue weighted by atomic mass is 16.5. The maximum atomic E-state index is 5.41. The van der Waals surface area contributed by atoms with Gasteiger partial charge in [-0.1, -0.05) is 35.9 Å². The first-order chi connectivity index (χ1) is 13.2. The number of allylic oxidation sites excluding steroid dienone is 1. The molecule has 6 rings (SSSR count). The topological polar surface area (TPSA) is 18.5 Å². The van der Waals surface area contributed by atoms with E-state index in [0.717, 1.165) is 29.3 Å². The fourth-order valence-electron chi connectivity index (χ4n) is 6.30. The third-order valence-corrected chi connectivity index (χ3v) is 7.25. The van der Waals surface area contributed by atoms with E-state index in [0.29, 0.717) is 0 Å². The Kier molecular flexibility index (Phi) is 4.03. The second-order valence-corrected chi connectivity index (χ2v) is 8.73. The Morgan fingerprint density at radius 1 is 0.778 bits per heavy atom. The fraction of sp³-hybridized carbons (Fsp3) is 0.440. The van der Waals surface area contributed by atoms with E-state index in [1.54, 1.807) is 19.8 Å². The van der Waals surface area contributed by atoms with Gasteiger partial charge in [0.1, 0.15) is 11.5 Å². The molecule has 0 heterocycles. The molecule has 4 atom stereocenters. The van der Waals surface area contributed by atoms with Crippen LogP contribution in [-0.4, -0.2) is 14.2 Å². The maximum Gasteiger partial charge on any atom is 0.118 e. The Labute approximate surface area is 162 Å². The zero-order chi connectivity index (χ0) is 18.4. The van der Waals surface area contributed by atoms with Gasteiger partial charge in [-0.05, 0) is 85.3 Å². The van der Waals surface area contributed by atoms with Crippen molar-refractivity contribution in [3.05, 3.63) is 65.2 Å². The van der Waals surface area contributed by atoms with E-state index in [9.17, 15) is 0 Å². The van der Waals surface area contributed by atoms with Crippen molar-refractivity contribution in [2.24, 2.45) is 17.8 Å². The van der Waals surface area contributed by atoms with Crippen LogP contribution >= 0.6 is 0 Å². The first kappa shape index (κ1) is 16.9. The van der Waals surface area contributed by atoms with Crippen LogP contribution in [0.4, 0.5) is 0 Å². The molecule has 0 aliphatic heterocycles. The molecule has 2 heteroatoms. The van der Waals surface area contributed by atoms with Gasteiger partial charge in [0.05, 0.1) is 14.2 Å². The van der Waals surface area contributed by atoms with Gasteiger partial charge in [-0.15, -0.1) is 0 Å². The summed E-state index contributed by atoms with van der Waals surface area (Å²) in [6, 6.07) is 17.4. The summed E-state index contributed by atoms with van der Waals surface area (Å²) < 4.78 is 10.7. The third kappa shape index (κ3) is 2.77. The standard InChI is InChI=1S/C25H28O2/c1-26-22-7-3-17(4-8-22)14-24-20-12-18-11-19(13-20)16-25(24,15-18)21-5-9-23(27-2)10-6-21/h3-10,14,18-20H,11-13,15-16H2,1-2H3/b24-14-/t18-,19+,20?,25?. The molecule has 4 fully saturated rings. The zero-order valence-corrected chi connectivity index (χ0v) is 16.3. The van der Waals surface area contributed by atoms with Crippen molar-refractivity contribution in [1.82, 2.24) is 0 Å². The first-order valence-electron chi connectivity index (χ1n) is 10.2. The number of benzene rings is 2. The van der Waals surface area contributed by atoms with Crippen molar-refractivity contribution in [3.63, 3.8) is 0 Å². The smallest absolute Gasteiger partial charge is 0.118 e. The van der Waals surface area contributed by atoms with Crippen molar-refractivity contribution in [2.75, 3.05) is 14.2 Å². The van der Waals surface area contributed by atoms with Gasteiger partial charge in [-0.3, -0.25) is 0 Å². The Bertz CT molecular complexity index is 833. The van der Waals surface area contributed by atoms with Gasteiger partial charge in [0.25, 0.3) is 0 Å². The van der Waals surface area contributed by atoms with Crippen molar-refractivity contribution in [3.8, 4) is 11.5 Å². The molecule has 140 valence electrons. The second-order valence-electron chi connectivity index (χ2n) is 8.73. The van der Waals surface area contributed by atoms with Crippen molar-refractivity contribution in [2.45, 2.75) is 37.5 Å². The lowest BCUT2D eigenvalue weighted by molar-refractivity contribution is 0.0480. The lowest BCUT2D eigenvalue weighted by Gasteiger charge is -2.59. The van der Waals surface area contributed by atoms with Crippen LogP contribution in [0.25, 0.3) is 6.08 Å². The minimum atomic E-state index is 0.223. The summed E-state index contributed by atoms with van der Waals surface area (Å²) in [6.07, 6.45) is 9.34. The summed E-state index contributed by atoms with van der Waals surface area (Å²) >= 11 is 0. The van der Waals surface area contributed by atoms with Crippen LogP contribution in [0.3, 0.4) is 0 Å². The molecule has 4 bridgehead atoms. The monoisotopic (exact) mass is 360 g/mol. The predicted octanol–water partition coefficient (Wildman–Crippen LogP) is 5.87. The van der Waals surface area contributed by atoms with Crippen LogP contribution in [-0.2, 0) is 5.41 Å². The van der Waals surface area contributed by atoms with Gasteiger partial charge in [-0.2, -0.15) is 0 Å². The van der Waals surface area contributed by atoms with Gasteiger partial charge in [-0.25, -0.2) is 0 Å². The Morgan fingerprint density at radius 3 is 1.89 bits per heavy atom. The molecule has 2 aromatic carbocycles. The summed E-state index contributed by atoms with van der Waals surface area (Å²) in [6.45, 7) is 0. The van der Waals surface area contributed by atoms with E-state index in [-0.39, 0.29) is 5.41 Å². The molecule has 0 spiro atoms. The molecule has 4 aliphatic rings. The lowest BCUT2D eigenvalue weighted by Crippen LogP contribution is -2.50. The average Bonchev–Trinajstić information content (AvgIpc) is 2.71. The SMILES string of the molecule is COc1ccc(/C=C2/C3C[C@@H]4C[C@H](C3)CC2(c2ccc(OC)cc2)C4)cc1. The molecule has 0 radical (unpaired) electrons. The Hall–Kier alpha value is -2.22. The molecule has 0 N–H and O–H groups in total.